The smallest absolute Gasteiger partial charge is 0.0701 e. The van der Waals surface area contributed by atoms with Crippen LogP contribution in [0.15, 0.2) is 0 Å². The van der Waals surface area contributed by atoms with Gasteiger partial charge >= 0.3 is 0 Å². The Hall–Kier alpha value is -0.240. The summed E-state index contributed by atoms with van der Waals surface area (Å²) in [5, 5.41) is 16.7. The molecule has 0 aliphatic carbocycles. The minimum Gasteiger partial charge on any atom is -0.394 e. The van der Waals surface area contributed by atoms with E-state index in [1.165, 1.54) is 32.1 Å². The van der Waals surface area contributed by atoms with Gasteiger partial charge in [-0.1, -0.05) is 32.6 Å². The molecule has 0 saturated carbocycles. The lowest BCUT2D eigenvalue weighted by Gasteiger charge is -2.04. The van der Waals surface area contributed by atoms with E-state index < -0.39 is 0 Å². The third-order valence-corrected chi connectivity index (χ3v) is 2.81. The molecular formula is C17H38O6. The van der Waals surface area contributed by atoms with E-state index in [4.69, 9.17) is 29.2 Å². The molecule has 0 spiro atoms. The molecule has 0 atom stereocenters. The van der Waals surface area contributed by atoms with E-state index >= 15 is 0 Å². The summed E-state index contributed by atoms with van der Waals surface area (Å²) in [5.41, 5.74) is 0. The summed E-state index contributed by atoms with van der Waals surface area (Å²) in [6.07, 6.45) is 6.67. The van der Waals surface area contributed by atoms with Gasteiger partial charge in [-0.05, 0) is 13.3 Å². The van der Waals surface area contributed by atoms with Gasteiger partial charge < -0.3 is 29.2 Å². The van der Waals surface area contributed by atoms with Crippen LogP contribution in [0.1, 0.15) is 46.0 Å². The van der Waals surface area contributed by atoms with Crippen LogP contribution < -0.4 is 0 Å². The Morgan fingerprint density at radius 1 is 0.522 bits per heavy atom. The summed E-state index contributed by atoms with van der Waals surface area (Å²) in [7, 11) is 0. The molecule has 0 aromatic heterocycles. The van der Waals surface area contributed by atoms with Crippen molar-refractivity contribution in [3.8, 4) is 0 Å². The molecule has 0 aromatic carbocycles. The molecule has 6 heteroatoms. The Bertz CT molecular complexity index is 162. The maximum Gasteiger partial charge on any atom is 0.0701 e. The monoisotopic (exact) mass is 338 g/mol. The highest BCUT2D eigenvalue weighted by molar-refractivity contribution is 4.40. The minimum absolute atomic E-state index is 0.0413. The van der Waals surface area contributed by atoms with Crippen LogP contribution in [0, 0.1) is 0 Å². The van der Waals surface area contributed by atoms with Gasteiger partial charge in [0.15, 0.2) is 0 Å². The van der Waals surface area contributed by atoms with E-state index in [-0.39, 0.29) is 13.2 Å². The van der Waals surface area contributed by atoms with Crippen molar-refractivity contribution in [3.63, 3.8) is 0 Å². The van der Waals surface area contributed by atoms with Crippen molar-refractivity contribution in [2.75, 3.05) is 66.1 Å². The van der Waals surface area contributed by atoms with Gasteiger partial charge in [-0.25, -0.2) is 0 Å². The van der Waals surface area contributed by atoms with E-state index in [2.05, 4.69) is 6.92 Å². The second-order valence-corrected chi connectivity index (χ2v) is 4.90. The predicted molar refractivity (Wildman–Crippen MR) is 91.9 cm³/mol. The highest BCUT2D eigenvalue weighted by Crippen LogP contribution is 2.01. The first kappa shape index (κ1) is 25.0. The highest BCUT2D eigenvalue weighted by atomic mass is 16.5. The Morgan fingerprint density at radius 2 is 1.00 bits per heavy atom. The van der Waals surface area contributed by atoms with Crippen LogP contribution in [-0.4, -0.2) is 76.3 Å². The Morgan fingerprint density at radius 3 is 1.43 bits per heavy atom. The predicted octanol–water partition coefficient (Wildman–Crippen LogP) is 2.01. The van der Waals surface area contributed by atoms with Gasteiger partial charge in [-0.3, -0.25) is 0 Å². The van der Waals surface area contributed by atoms with Crippen molar-refractivity contribution >= 4 is 0 Å². The van der Waals surface area contributed by atoms with Gasteiger partial charge in [0.05, 0.1) is 52.9 Å². The molecule has 0 aliphatic heterocycles. The molecule has 6 nitrogen and oxygen atoms in total. The first-order valence-corrected chi connectivity index (χ1v) is 8.86. The van der Waals surface area contributed by atoms with Crippen LogP contribution >= 0.6 is 0 Å². The lowest BCUT2D eigenvalue weighted by atomic mass is 10.2. The second kappa shape index (κ2) is 26.6. The third-order valence-electron chi connectivity index (χ3n) is 2.81. The van der Waals surface area contributed by atoms with Crippen molar-refractivity contribution in [2.24, 2.45) is 0 Å². The molecular weight excluding hydrogens is 300 g/mol. The van der Waals surface area contributed by atoms with E-state index in [0.717, 1.165) is 13.2 Å². The van der Waals surface area contributed by atoms with E-state index in [0.29, 0.717) is 39.6 Å². The van der Waals surface area contributed by atoms with E-state index in [9.17, 15) is 0 Å². The van der Waals surface area contributed by atoms with Crippen LogP contribution in [0.2, 0.25) is 0 Å². The Labute approximate surface area is 142 Å². The van der Waals surface area contributed by atoms with Crippen molar-refractivity contribution in [2.45, 2.75) is 46.0 Å². The molecule has 0 unspecified atom stereocenters. The first-order valence-electron chi connectivity index (χ1n) is 8.86. The van der Waals surface area contributed by atoms with E-state index in [1.807, 2.05) is 6.92 Å². The van der Waals surface area contributed by atoms with Crippen molar-refractivity contribution in [1.82, 2.24) is 0 Å². The third kappa shape index (κ3) is 30.2. The molecule has 0 radical (unpaired) electrons. The molecule has 23 heavy (non-hydrogen) atoms. The SMILES string of the molecule is CCCCCCCOCC.OCCOCCOCCOCCO. The molecule has 0 bridgehead atoms. The summed E-state index contributed by atoms with van der Waals surface area (Å²) in [6.45, 7) is 8.88. The van der Waals surface area contributed by atoms with Crippen LogP contribution in [0.25, 0.3) is 0 Å². The summed E-state index contributed by atoms with van der Waals surface area (Å²) in [4.78, 5) is 0. The number of aliphatic hydroxyl groups excluding tert-OH is 2. The standard InChI is InChI=1S/C9H20O.C8H18O5/c1-3-5-6-7-8-9-10-4-2;9-1-3-11-5-7-13-8-6-12-4-2-10/h3-9H2,1-2H3;9-10H,1-8H2. The average Bonchev–Trinajstić information content (AvgIpc) is 2.57. The lowest BCUT2D eigenvalue weighted by molar-refractivity contribution is 0.00230. The van der Waals surface area contributed by atoms with Crippen molar-refractivity contribution in [3.05, 3.63) is 0 Å². The van der Waals surface area contributed by atoms with Crippen LogP contribution in [0.5, 0.6) is 0 Å². The maximum absolute atomic E-state index is 8.36. The molecule has 0 aromatic rings. The zero-order valence-corrected chi connectivity index (χ0v) is 15.1. The number of hydrogen-bond acceptors (Lipinski definition) is 6. The molecule has 2 N–H and O–H groups in total. The normalized spacial score (nSPS) is 10.4. The summed E-state index contributed by atoms with van der Waals surface area (Å²) in [5.74, 6) is 0. The highest BCUT2D eigenvalue weighted by Gasteiger charge is 1.90. The quantitative estimate of drug-likeness (QED) is 0.395. The van der Waals surface area contributed by atoms with Crippen LogP contribution in [0.4, 0.5) is 0 Å². The average molecular weight is 338 g/mol. The van der Waals surface area contributed by atoms with Gasteiger partial charge in [0.25, 0.3) is 0 Å². The molecule has 0 saturated heterocycles. The van der Waals surface area contributed by atoms with Crippen LogP contribution in [0.3, 0.4) is 0 Å². The number of hydrogen-bond donors (Lipinski definition) is 2. The van der Waals surface area contributed by atoms with Gasteiger partial charge in [-0.15, -0.1) is 0 Å². The van der Waals surface area contributed by atoms with Crippen molar-refractivity contribution < 1.29 is 29.2 Å². The fraction of sp³-hybridized carbons (Fsp3) is 1.00. The lowest BCUT2D eigenvalue weighted by Crippen LogP contribution is -2.11. The molecule has 0 aliphatic rings. The molecule has 0 rings (SSSR count). The zero-order valence-electron chi connectivity index (χ0n) is 15.1. The number of unbranched alkanes of at least 4 members (excludes halogenated alkanes) is 4. The van der Waals surface area contributed by atoms with Crippen LogP contribution in [-0.2, 0) is 18.9 Å². The summed E-state index contributed by atoms with van der Waals surface area (Å²) < 4.78 is 20.2. The first-order chi connectivity index (χ1) is 11.3. The number of aliphatic hydroxyl groups is 2. The fourth-order valence-electron chi connectivity index (χ4n) is 1.62. The summed E-state index contributed by atoms with van der Waals surface area (Å²) in [6, 6.07) is 0. The minimum atomic E-state index is 0.0413. The van der Waals surface area contributed by atoms with E-state index in [1.54, 1.807) is 0 Å². The van der Waals surface area contributed by atoms with Gasteiger partial charge in [0.2, 0.25) is 0 Å². The van der Waals surface area contributed by atoms with Crippen molar-refractivity contribution in [1.29, 1.82) is 0 Å². The van der Waals surface area contributed by atoms with Gasteiger partial charge in [0, 0.05) is 13.2 Å². The largest absolute Gasteiger partial charge is 0.394 e. The molecule has 0 heterocycles. The molecule has 0 amide bonds. The number of rotatable bonds is 17. The topological polar surface area (TPSA) is 77.4 Å². The Kier molecular flexibility index (Phi) is 29.0. The zero-order chi connectivity index (χ0) is 17.4. The molecule has 0 fully saturated rings. The molecule has 142 valence electrons. The van der Waals surface area contributed by atoms with Gasteiger partial charge in [-0.2, -0.15) is 0 Å². The maximum atomic E-state index is 8.36. The Balaban J connectivity index is 0. The fourth-order valence-corrected chi connectivity index (χ4v) is 1.62. The number of ether oxygens (including phenoxy) is 4. The summed E-state index contributed by atoms with van der Waals surface area (Å²) >= 11 is 0. The van der Waals surface area contributed by atoms with Gasteiger partial charge in [0.1, 0.15) is 0 Å². The second-order valence-electron chi connectivity index (χ2n) is 4.90.